The standard InChI is InChI=1S/C8H6ClF2NO3/c1-4-2-3-5(9)7(15-8(10)11)6(4)12(13)14/h2-3,8H,1H3. The molecule has 0 atom stereocenters. The van der Waals surface area contributed by atoms with E-state index in [0.29, 0.717) is 0 Å². The van der Waals surface area contributed by atoms with E-state index in [1.165, 1.54) is 19.1 Å². The van der Waals surface area contributed by atoms with Crippen LogP contribution in [-0.2, 0) is 0 Å². The van der Waals surface area contributed by atoms with Crippen molar-refractivity contribution in [1.82, 2.24) is 0 Å². The maximum absolute atomic E-state index is 12.0. The van der Waals surface area contributed by atoms with Crippen LogP contribution in [0.1, 0.15) is 5.56 Å². The number of nitrogens with zero attached hydrogens (tertiary/aromatic N) is 1. The van der Waals surface area contributed by atoms with Gasteiger partial charge < -0.3 is 4.74 Å². The molecule has 7 heteroatoms. The van der Waals surface area contributed by atoms with Crippen molar-refractivity contribution in [3.05, 3.63) is 32.8 Å². The van der Waals surface area contributed by atoms with E-state index < -0.39 is 23.0 Å². The smallest absolute Gasteiger partial charge is 0.387 e. The number of ether oxygens (including phenoxy) is 1. The lowest BCUT2D eigenvalue weighted by atomic mass is 10.2. The van der Waals surface area contributed by atoms with Crippen LogP contribution in [0, 0.1) is 17.0 Å². The van der Waals surface area contributed by atoms with Crippen LogP contribution in [0.25, 0.3) is 0 Å². The van der Waals surface area contributed by atoms with E-state index in [0.717, 1.165) is 0 Å². The third-order valence-corrected chi connectivity index (χ3v) is 1.97. The molecule has 0 bridgehead atoms. The fourth-order valence-corrected chi connectivity index (χ4v) is 1.27. The highest BCUT2D eigenvalue weighted by Gasteiger charge is 2.24. The van der Waals surface area contributed by atoms with Gasteiger partial charge in [0, 0.05) is 5.56 Å². The monoisotopic (exact) mass is 237 g/mol. The number of hydrogen-bond acceptors (Lipinski definition) is 3. The zero-order valence-electron chi connectivity index (χ0n) is 7.54. The fraction of sp³-hybridized carbons (Fsp3) is 0.250. The minimum atomic E-state index is -3.15. The number of alkyl halides is 2. The van der Waals surface area contributed by atoms with Crippen LogP contribution in [0.4, 0.5) is 14.5 Å². The van der Waals surface area contributed by atoms with Crippen molar-refractivity contribution in [3.63, 3.8) is 0 Å². The molecule has 0 unspecified atom stereocenters. The van der Waals surface area contributed by atoms with E-state index in [9.17, 15) is 18.9 Å². The SMILES string of the molecule is Cc1ccc(Cl)c(OC(F)F)c1[N+](=O)[O-]. The molecule has 0 saturated heterocycles. The normalized spacial score (nSPS) is 10.5. The highest BCUT2D eigenvalue weighted by molar-refractivity contribution is 6.32. The number of rotatable bonds is 3. The summed E-state index contributed by atoms with van der Waals surface area (Å²) >= 11 is 5.53. The number of halogens is 3. The Bertz CT molecular complexity index is 398. The van der Waals surface area contributed by atoms with E-state index in [4.69, 9.17) is 11.6 Å². The zero-order valence-corrected chi connectivity index (χ0v) is 8.29. The van der Waals surface area contributed by atoms with Crippen molar-refractivity contribution >= 4 is 17.3 Å². The topological polar surface area (TPSA) is 52.4 Å². The summed E-state index contributed by atoms with van der Waals surface area (Å²) in [6.07, 6.45) is 0. The summed E-state index contributed by atoms with van der Waals surface area (Å²) in [4.78, 5) is 9.79. The third kappa shape index (κ3) is 2.53. The molecule has 0 radical (unpaired) electrons. The summed E-state index contributed by atoms with van der Waals surface area (Å²) in [6.45, 7) is -1.74. The minimum absolute atomic E-state index is 0.208. The zero-order chi connectivity index (χ0) is 11.6. The van der Waals surface area contributed by atoms with E-state index in [-0.39, 0.29) is 10.6 Å². The lowest BCUT2D eigenvalue weighted by Gasteiger charge is -2.08. The summed E-state index contributed by atoms with van der Waals surface area (Å²) in [7, 11) is 0. The molecule has 1 aromatic rings. The van der Waals surface area contributed by atoms with Crippen molar-refractivity contribution in [3.8, 4) is 5.75 Å². The van der Waals surface area contributed by atoms with Crippen molar-refractivity contribution in [2.75, 3.05) is 0 Å². The van der Waals surface area contributed by atoms with E-state index in [2.05, 4.69) is 4.74 Å². The van der Waals surface area contributed by atoms with Gasteiger partial charge in [-0.2, -0.15) is 8.78 Å². The van der Waals surface area contributed by atoms with Gasteiger partial charge in [-0.05, 0) is 13.0 Å². The minimum Gasteiger partial charge on any atom is -0.426 e. The Kier molecular flexibility index (Phi) is 3.41. The molecule has 0 aliphatic heterocycles. The molecule has 0 heterocycles. The fourth-order valence-electron chi connectivity index (χ4n) is 1.07. The van der Waals surface area contributed by atoms with Crippen molar-refractivity contribution < 1.29 is 18.4 Å². The number of nitro groups is 1. The number of benzene rings is 1. The Hall–Kier alpha value is -1.43. The first-order chi connectivity index (χ1) is 6.93. The van der Waals surface area contributed by atoms with Crippen molar-refractivity contribution in [1.29, 1.82) is 0 Å². The molecule has 0 saturated carbocycles. The molecule has 0 aromatic heterocycles. The van der Waals surface area contributed by atoms with Crippen LogP contribution in [0.2, 0.25) is 5.02 Å². The maximum atomic E-state index is 12.0. The van der Waals surface area contributed by atoms with Crippen LogP contribution in [0.3, 0.4) is 0 Å². The Morgan fingerprint density at radius 2 is 2.13 bits per heavy atom. The van der Waals surface area contributed by atoms with E-state index in [1.807, 2.05) is 0 Å². The second-order valence-electron chi connectivity index (χ2n) is 2.68. The first kappa shape index (κ1) is 11.6. The molecule has 0 N–H and O–H groups in total. The number of hydrogen-bond donors (Lipinski definition) is 0. The summed E-state index contributed by atoms with van der Waals surface area (Å²) < 4.78 is 28.0. The van der Waals surface area contributed by atoms with Gasteiger partial charge in [-0.15, -0.1) is 0 Å². The molecular formula is C8H6ClF2NO3. The van der Waals surface area contributed by atoms with E-state index in [1.54, 1.807) is 0 Å². The number of nitro benzene ring substituents is 1. The Morgan fingerprint density at radius 3 is 2.60 bits per heavy atom. The predicted molar refractivity (Wildman–Crippen MR) is 49.5 cm³/mol. The molecule has 0 fully saturated rings. The lowest BCUT2D eigenvalue weighted by Crippen LogP contribution is -2.06. The number of aryl methyl sites for hydroxylation is 1. The molecule has 4 nitrogen and oxygen atoms in total. The van der Waals surface area contributed by atoms with Crippen molar-refractivity contribution in [2.24, 2.45) is 0 Å². The highest BCUT2D eigenvalue weighted by Crippen LogP contribution is 2.38. The molecule has 0 aliphatic rings. The first-order valence-corrected chi connectivity index (χ1v) is 4.19. The highest BCUT2D eigenvalue weighted by atomic mass is 35.5. The largest absolute Gasteiger partial charge is 0.426 e. The van der Waals surface area contributed by atoms with Gasteiger partial charge in [0.1, 0.15) is 0 Å². The molecule has 0 spiro atoms. The van der Waals surface area contributed by atoms with Gasteiger partial charge in [-0.25, -0.2) is 0 Å². The average Bonchev–Trinajstić information content (AvgIpc) is 2.10. The second-order valence-corrected chi connectivity index (χ2v) is 3.08. The quantitative estimate of drug-likeness (QED) is 0.599. The molecule has 0 aliphatic carbocycles. The van der Waals surface area contributed by atoms with Gasteiger partial charge >= 0.3 is 12.3 Å². The molecule has 0 amide bonds. The van der Waals surface area contributed by atoms with Crippen LogP contribution in [-0.4, -0.2) is 11.5 Å². The predicted octanol–water partition coefficient (Wildman–Crippen LogP) is 3.16. The van der Waals surface area contributed by atoms with Gasteiger partial charge in [-0.1, -0.05) is 17.7 Å². The molecule has 1 aromatic carbocycles. The van der Waals surface area contributed by atoms with E-state index >= 15 is 0 Å². The first-order valence-electron chi connectivity index (χ1n) is 3.81. The van der Waals surface area contributed by atoms with Crippen LogP contribution in [0.5, 0.6) is 5.75 Å². The summed E-state index contributed by atoms with van der Waals surface area (Å²) in [5.74, 6) is -0.600. The van der Waals surface area contributed by atoms with Gasteiger partial charge in [0.15, 0.2) is 0 Å². The van der Waals surface area contributed by atoms with Gasteiger partial charge in [0.2, 0.25) is 5.75 Å². The summed E-state index contributed by atoms with van der Waals surface area (Å²) in [5, 5.41) is 10.4. The molecule has 82 valence electrons. The summed E-state index contributed by atoms with van der Waals surface area (Å²) in [5.41, 5.74) is -0.331. The molecular weight excluding hydrogens is 232 g/mol. The van der Waals surface area contributed by atoms with Crippen LogP contribution >= 0.6 is 11.6 Å². The van der Waals surface area contributed by atoms with Crippen LogP contribution < -0.4 is 4.74 Å². The average molecular weight is 238 g/mol. The third-order valence-electron chi connectivity index (χ3n) is 1.67. The Morgan fingerprint density at radius 1 is 1.53 bits per heavy atom. The second kappa shape index (κ2) is 4.39. The van der Waals surface area contributed by atoms with Gasteiger partial charge in [0.25, 0.3) is 0 Å². The van der Waals surface area contributed by atoms with Gasteiger partial charge in [-0.3, -0.25) is 10.1 Å². The summed E-state index contributed by atoms with van der Waals surface area (Å²) in [6, 6.07) is 2.63. The van der Waals surface area contributed by atoms with Crippen LogP contribution in [0.15, 0.2) is 12.1 Å². The Balaban J connectivity index is 3.31. The lowest BCUT2D eigenvalue weighted by molar-refractivity contribution is -0.387. The Labute approximate surface area is 88.6 Å². The maximum Gasteiger partial charge on any atom is 0.387 e. The molecule has 15 heavy (non-hydrogen) atoms. The van der Waals surface area contributed by atoms with Crippen molar-refractivity contribution in [2.45, 2.75) is 13.5 Å². The van der Waals surface area contributed by atoms with Gasteiger partial charge in [0.05, 0.1) is 9.95 Å². The molecule has 1 rings (SSSR count).